The molecule has 3 rings (SSSR count). The van der Waals surface area contributed by atoms with Gasteiger partial charge in [-0.25, -0.2) is 0 Å². The molecule has 0 unspecified atom stereocenters. The standard InChI is InChI=1S/C19H15Cl2N3O3S/c20-13-5-1-3-7-15(13)22-19(28)24-23-18(25)17-10-9-12(27-17)11-26-16-8-4-2-6-14(16)21/h1-10H,11H2,(H,23,25)(H2,22,24,28). The van der Waals surface area contributed by atoms with Crippen molar-refractivity contribution in [2.75, 3.05) is 5.32 Å². The van der Waals surface area contributed by atoms with Gasteiger partial charge in [-0.15, -0.1) is 0 Å². The SMILES string of the molecule is O=C(NNC(=S)Nc1ccccc1Cl)c1ccc(COc2ccccc2Cl)o1. The van der Waals surface area contributed by atoms with E-state index in [1.807, 2.05) is 18.2 Å². The quantitative estimate of drug-likeness (QED) is 0.394. The van der Waals surface area contributed by atoms with Crippen molar-refractivity contribution in [3.8, 4) is 5.75 Å². The molecule has 3 N–H and O–H groups in total. The molecular weight excluding hydrogens is 421 g/mol. The number of furan rings is 1. The molecule has 0 spiro atoms. The number of halogens is 2. The van der Waals surface area contributed by atoms with Gasteiger partial charge in [-0.2, -0.15) is 0 Å². The molecule has 1 aromatic heterocycles. The largest absolute Gasteiger partial charge is 0.484 e. The zero-order valence-corrected chi connectivity index (χ0v) is 16.7. The summed E-state index contributed by atoms with van der Waals surface area (Å²) >= 11 is 17.2. The van der Waals surface area contributed by atoms with E-state index in [1.165, 1.54) is 6.07 Å². The number of anilines is 1. The minimum atomic E-state index is -0.493. The molecule has 28 heavy (non-hydrogen) atoms. The van der Waals surface area contributed by atoms with Crippen molar-refractivity contribution in [3.05, 3.63) is 82.2 Å². The smallest absolute Gasteiger partial charge is 0.305 e. The Morgan fingerprint density at radius 2 is 1.68 bits per heavy atom. The lowest BCUT2D eigenvalue weighted by molar-refractivity contribution is 0.0912. The molecule has 2 aromatic carbocycles. The van der Waals surface area contributed by atoms with E-state index in [2.05, 4.69) is 16.2 Å². The molecule has 0 saturated carbocycles. The second-order valence-electron chi connectivity index (χ2n) is 5.50. The second kappa shape index (κ2) is 9.45. The van der Waals surface area contributed by atoms with Crippen LogP contribution in [0.3, 0.4) is 0 Å². The number of carbonyl (C=O) groups excluding carboxylic acids is 1. The summed E-state index contributed by atoms with van der Waals surface area (Å²) in [5, 5.41) is 4.06. The van der Waals surface area contributed by atoms with Gasteiger partial charge in [-0.3, -0.25) is 15.6 Å². The molecule has 1 amide bonds. The summed E-state index contributed by atoms with van der Waals surface area (Å²) in [4.78, 5) is 12.2. The Morgan fingerprint density at radius 3 is 2.43 bits per heavy atom. The number of para-hydroxylation sites is 2. The molecule has 1 heterocycles. The molecule has 6 nitrogen and oxygen atoms in total. The molecule has 0 fully saturated rings. The molecule has 9 heteroatoms. The number of rotatable bonds is 5. The van der Waals surface area contributed by atoms with Crippen LogP contribution in [0.2, 0.25) is 10.0 Å². The number of hydrogen-bond acceptors (Lipinski definition) is 4. The number of ether oxygens (including phenoxy) is 1. The number of benzene rings is 2. The fraction of sp³-hybridized carbons (Fsp3) is 0.0526. The van der Waals surface area contributed by atoms with Gasteiger partial charge in [-0.05, 0) is 48.6 Å². The maximum atomic E-state index is 12.2. The van der Waals surface area contributed by atoms with E-state index < -0.39 is 5.91 Å². The van der Waals surface area contributed by atoms with Gasteiger partial charge < -0.3 is 14.5 Å². The summed E-state index contributed by atoms with van der Waals surface area (Å²) in [6.45, 7) is 0.136. The highest BCUT2D eigenvalue weighted by atomic mass is 35.5. The summed E-state index contributed by atoms with van der Waals surface area (Å²) in [5.41, 5.74) is 5.65. The Bertz CT molecular complexity index is 994. The van der Waals surface area contributed by atoms with Crippen LogP contribution in [0.25, 0.3) is 0 Å². The van der Waals surface area contributed by atoms with Crippen LogP contribution < -0.4 is 20.9 Å². The maximum absolute atomic E-state index is 12.2. The van der Waals surface area contributed by atoms with E-state index in [1.54, 1.807) is 36.4 Å². The lowest BCUT2D eigenvalue weighted by Crippen LogP contribution is -2.43. The summed E-state index contributed by atoms with van der Waals surface area (Å²) in [6, 6.07) is 17.4. The lowest BCUT2D eigenvalue weighted by atomic mass is 10.3. The highest BCUT2D eigenvalue weighted by molar-refractivity contribution is 7.80. The monoisotopic (exact) mass is 435 g/mol. The second-order valence-corrected chi connectivity index (χ2v) is 6.72. The summed E-state index contributed by atoms with van der Waals surface area (Å²) < 4.78 is 11.0. The van der Waals surface area contributed by atoms with Gasteiger partial charge in [0.15, 0.2) is 10.9 Å². The molecule has 0 aliphatic rings. The van der Waals surface area contributed by atoms with E-state index in [4.69, 9.17) is 44.6 Å². The third kappa shape index (κ3) is 5.39. The summed E-state index contributed by atoms with van der Waals surface area (Å²) in [7, 11) is 0. The van der Waals surface area contributed by atoms with Crippen molar-refractivity contribution in [3.63, 3.8) is 0 Å². The van der Waals surface area contributed by atoms with Crippen LogP contribution in [-0.2, 0) is 6.61 Å². The molecule has 0 atom stereocenters. The van der Waals surface area contributed by atoms with Gasteiger partial charge in [0.25, 0.3) is 0 Å². The first-order valence-electron chi connectivity index (χ1n) is 8.11. The van der Waals surface area contributed by atoms with E-state index >= 15 is 0 Å². The first-order valence-corrected chi connectivity index (χ1v) is 9.27. The Morgan fingerprint density at radius 1 is 0.964 bits per heavy atom. The van der Waals surface area contributed by atoms with Gasteiger partial charge in [0.2, 0.25) is 0 Å². The van der Waals surface area contributed by atoms with Crippen molar-refractivity contribution >= 4 is 52.1 Å². The third-order valence-electron chi connectivity index (χ3n) is 3.50. The molecule has 144 valence electrons. The van der Waals surface area contributed by atoms with Crippen LogP contribution in [0.5, 0.6) is 5.75 Å². The normalized spacial score (nSPS) is 10.2. The zero-order valence-electron chi connectivity index (χ0n) is 14.4. The number of carbonyl (C=O) groups is 1. The van der Waals surface area contributed by atoms with Crippen molar-refractivity contribution in [1.82, 2.24) is 10.9 Å². The van der Waals surface area contributed by atoms with Crippen molar-refractivity contribution in [2.45, 2.75) is 6.61 Å². The minimum absolute atomic E-state index is 0.103. The van der Waals surface area contributed by atoms with Crippen LogP contribution >= 0.6 is 35.4 Å². The lowest BCUT2D eigenvalue weighted by Gasteiger charge is -2.11. The van der Waals surface area contributed by atoms with Crippen molar-refractivity contribution < 1.29 is 13.9 Å². The number of hydrazine groups is 1. The first-order chi connectivity index (χ1) is 13.5. The maximum Gasteiger partial charge on any atom is 0.305 e. The van der Waals surface area contributed by atoms with Crippen LogP contribution in [-0.4, -0.2) is 11.0 Å². The van der Waals surface area contributed by atoms with E-state index in [9.17, 15) is 4.79 Å². The van der Waals surface area contributed by atoms with Gasteiger partial charge in [0.05, 0.1) is 15.7 Å². The average molecular weight is 436 g/mol. The minimum Gasteiger partial charge on any atom is -0.484 e. The average Bonchev–Trinajstić information content (AvgIpc) is 3.16. The molecule has 0 saturated heterocycles. The molecule has 0 aliphatic heterocycles. The number of hydrogen-bond donors (Lipinski definition) is 3. The van der Waals surface area contributed by atoms with E-state index in [-0.39, 0.29) is 17.5 Å². The third-order valence-corrected chi connectivity index (χ3v) is 4.35. The van der Waals surface area contributed by atoms with Crippen LogP contribution in [0, 0.1) is 0 Å². The molecule has 0 bridgehead atoms. The summed E-state index contributed by atoms with van der Waals surface area (Å²) in [5.74, 6) is 0.615. The molecular formula is C19H15Cl2N3O3S. The van der Waals surface area contributed by atoms with E-state index in [0.29, 0.717) is 27.2 Å². The Hall–Kier alpha value is -2.74. The Labute approximate surface area is 176 Å². The predicted molar refractivity (Wildman–Crippen MR) is 113 cm³/mol. The topological polar surface area (TPSA) is 75.5 Å². The van der Waals surface area contributed by atoms with Crippen LogP contribution in [0.15, 0.2) is 65.1 Å². The highest BCUT2D eigenvalue weighted by Crippen LogP contribution is 2.24. The number of amides is 1. The van der Waals surface area contributed by atoms with Gasteiger partial charge >= 0.3 is 5.91 Å². The molecule has 0 radical (unpaired) electrons. The van der Waals surface area contributed by atoms with Crippen LogP contribution in [0.1, 0.15) is 16.3 Å². The molecule has 3 aromatic rings. The zero-order chi connectivity index (χ0) is 19.9. The Balaban J connectivity index is 1.49. The Kier molecular flexibility index (Phi) is 6.76. The van der Waals surface area contributed by atoms with Crippen molar-refractivity contribution in [2.24, 2.45) is 0 Å². The summed E-state index contributed by atoms with van der Waals surface area (Å²) in [6.07, 6.45) is 0. The van der Waals surface area contributed by atoms with Crippen molar-refractivity contribution in [1.29, 1.82) is 0 Å². The fourth-order valence-electron chi connectivity index (χ4n) is 2.18. The number of nitrogens with one attached hydrogen (secondary N) is 3. The van der Waals surface area contributed by atoms with Gasteiger partial charge in [-0.1, -0.05) is 47.5 Å². The fourth-order valence-corrected chi connectivity index (χ4v) is 2.71. The highest BCUT2D eigenvalue weighted by Gasteiger charge is 2.12. The van der Waals surface area contributed by atoms with Gasteiger partial charge in [0.1, 0.15) is 18.1 Å². The van der Waals surface area contributed by atoms with E-state index in [0.717, 1.165) is 0 Å². The molecule has 0 aliphatic carbocycles. The van der Waals surface area contributed by atoms with Gasteiger partial charge in [0, 0.05) is 0 Å². The van der Waals surface area contributed by atoms with Crippen LogP contribution in [0.4, 0.5) is 5.69 Å². The predicted octanol–water partition coefficient (Wildman–Crippen LogP) is 4.80. The number of thiocarbonyl (C=S) groups is 1. The first kappa shape index (κ1) is 20.0.